The van der Waals surface area contributed by atoms with E-state index in [-0.39, 0.29) is 17.7 Å². The lowest BCUT2D eigenvalue weighted by molar-refractivity contribution is -0.149. The first-order valence-corrected chi connectivity index (χ1v) is 6.14. The second kappa shape index (κ2) is 5.75. The van der Waals surface area contributed by atoms with E-state index in [1.54, 1.807) is 0 Å². The lowest BCUT2D eigenvalue weighted by atomic mass is 9.89. The minimum atomic E-state index is -4.45. The van der Waals surface area contributed by atoms with Gasteiger partial charge >= 0.3 is 12.1 Å². The van der Waals surface area contributed by atoms with Gasteiger partial charge in [0, 0.05) is 12.1 Å². The summed E-state index contributed by atoms with van der Waals surface area (Å²) in [5, 5.41) is 11.3. The smallest absolute Gasteiger partial charge is 0.416 e. The van der Waals surface area contributed by atoms with Gasteiger partial charge in [-0.1, -0.05) is 0 Å². The molecule has 0 saturated heterocycles. The lowest BCUT2D eigenvalue weighted by Gasteiger charge is -2.18. The molecular weight excluding hydrogens is 287 g/mol. The molecular formula is C14H16F3NO3. The first-order chi connectivity index (χ1) is 9.43. The molecule has 1 aromatic rings. The van der Waals surface area contributed by atoms with E-state index in [0.29, 0.717) is 0 Å². The number of rotatable bonds is 4. The van der Waals surface area contributed by atoms with Crippen LogP contribution >= 0.6 is 0 Å². The molecule has 0 saturated carbocycles. The Kier molecular flexibility index (Phi) is 4.65. The summed E-state index contributed by atoms with van der Waals surface area (Å²) in [4.78, 5) is 22.6. The third kappa shape index (κ3) is 4.47. The van der Waals surface area contributed by atoms with Crippen molar-refractivity contribution in [1.82, 2.24) is 0 Å². The summed E-state index contributed by atoms with van der Waals surface area (Å²) in [5.74, 6) is -1.69. The second-order valence-electron chi connectivity index (χ2n) is 5.44. The molecule has 0 aliphatic rings. The molecule has 116 valence electrons. The highest BCUT2D eigenvalue weighted by Gasteiger charge is 2.33. The fourth-order valence-corrected chi connectivity index (χ4v) is 1.74. The lowest BCUT2D eigenvalue weighted by Crippen LogP contribution is -2.29. The van der Waals surface area contributed by atoms with Crippen molar-refractivity contribution in [3.05, 3.63) is 29.3 Å². The summed E-state index contributed by atoms with van der Waals surface area (Å²) in [6, 6.07) is 3.23. The van der Waals surface area contributed by atoms with E-state index in [1.165, 1.54) is 26.8 Å². The highest BCUT2D eigenvalue weighted by molar-refractivity contribution is 5.94. The van der Waals surface area contributed by atoms with Gasteiger partial charge in [-0.25, -0.2) is 0 Å². The first-order valence-electron chi connectivity index (χ1n) is 6.14. The van der Waals surface area contributed by atoms with Crippen molar-refractivity contribution in [3.8, 4) is 0 Å². The Hall–Kier alpha value is -2.05. The van der Waals surface area contributed by atoms with Gasteiger partial charge in [0.15, 0.2) is 0 Å². The number of carbonyl (C=O) groups is 2. The molecule has 0 bridgehead atoms. The predicted molar refractivity (Wildman–Crippen MR) is 70.8 cm³/mol. The van der Waals surface area contributed by atoms with Gasteiger partial charge in [-0.3, -0.25) is 9.59 Å². The van der Waals surface area contributed by atoms with Crippen molar-refractivity contribution < 1.29 is 27.9 Å². The number of nitrogens with one attached hydrogen (secondary N) is 1. The summed E-state index contributed by atoms with van der Waals surface area (Å²) in [6.45, 7) is 4.08. The van der Waals surface area contributed by atoms with Crippen LogP contribution in [0.3, 0.4) is 0 Å². The second-order valence-corrected chi connectivity index (χ2v) is 5.44. The zero-order valence-electron chi connectivity index (χ0n) is 11.8. The molecule has 1 rings (SSSR count). The Labute approximate surface area is 120 Å². The van der Waals surface area contributed by atoms with Gasteiger partial charge in [0.1, 0.15) is 0 Å². The number of carbonyl (C=O) groups excluding carboxylic acids is 1. The number of carboxylic acid groups (broad SMARTS) is 1. The van der Waals surface area contributed by atoms with Crippen molar-refractivity contribution >= 4 is 17.6 Å². The highest BCUT2D eigenvalue weighted by Crippen LogP contribution is 2.33. The molecule has 7 heteroatoms. The number of anilines is 1. The topological polar surface area (TPSA) is 66.4 Å². The van der Waals surface area contributed by atoms with Crippen LogP contribution in [-0.2, 0) is 15.8 Å². The fourth-order valence-electron chi connectivity index (χ4n) is 1.74. The van der Waals surface area contributed by atoms with E-state index in [1.807, 2.05) is 0 Å². The number of halogens is 3. The third-order valence-corrected chi connectivity index (χ3v) is 3.00. The van der Waals surface area contributed by atoms with Gasteiger partial charge in [0.05, 0.1) is 11.0 Å². The van der Waals surface area contributed by atoms with Crippen LogP contribution in [0.2, 0.25) is 0 Å². The van der Waals surface area contributed by atoms with Gasteiger partial charge in [0.2, 0.25) is 5.91 Å². The molecule has 0 aliphatic carbocycles. The summed E-state index contributed by atoms with van der Waals surface area (Å²) < 4.78 is 37.8. The maximum Gasteiger partial charge on any atom is 0.416 e. The number of hydrogen-bond acceptors (Lipinski definition) is 2. The van der Waals surface area contributed by atoms with Crippen LogP contribution in [0.1, 0.15) is 31.4 Å². The summed E-state index contributed by atoms with van der Waals surface area (Å²) in [7, 11) is 0. The monoisotopic (exact) mass is 303 g/mol. The van der Waals surface area contributed by atoms with Crippen LogP contribution in [-0.4, -0.2) is 17.0 Å². The van der Waals surface area contributed by atoms with Gasteiger partial charge in [-0.05, 0) is 44.5 Å². The molecule has 0 aliphatic heterocycles. The minimum absolute atomic E-state index is 0.0159. The number of aliphatic carboxylic acids is 1. The largest absolute Gasteiger partial charge is 0.481 e. The van der Waals surface area contributed by atoms with Crippen molar-refractivity contribution in [2.24, 2.45) is 5.41 Å². The number of hydrogen-bond donors (Lipinski definition) is 2. The molecule has 2 N–H and O–H groups in total. The summed E-state index contributed by atoms with van der Waals surface area (Å²) in [5.41, 5.74) is -1.83. The van der Waals surface area contributed by atoms with Crippen LogP contribution in [0.25, 0.3) is 0 Å². The normalized spacial score (nSPS) is 12.1. The third-order valence-electron chi connectivity index (χ3n) is 3.00. The van der Waals surface area contributed by atoms with E-state index >= 15 is 0 Å². The summed E-state index contributed by atoms with van der Waals surface area (Å²) >= 11 is 0. The minimum Gasteiger partial charge on any atom is -0.481 e. The molecule has 0 aromatic heterocycles. The molecule has 4 nitrogen and oxygen atoms in total. The Morgan fingerprint density at radius 3 is 2.24 bits per heavy atom. The SMILES string of the molecule is Cc1cc(NC(=O)CC(C)(C)C(=O)O)ccc1C(F)(F)F. The molecule has 1 amide bonds. The fraction of sp³-hybridized carbons (Fsp3) is 0.429. The van der Waals surface area contributed by atoms with Gasteiger partial charge in [-0.2, -0.15) is 13.2 Å². The van der Waals surface area contributed by atoms with E-state index < -0.39 is 29.0 Å². The molecule has 0 heterocycles. The van der Waals surface area contributed by atoms with Crippen molar-refractivity contribution in [2.75, 3.05) is 5.32 Å². The molecule has 0 atom stereocenters. The van der Waals surface area contributed by atoms with Gasteiger partial charge in [0.25, 0.3) is 0 Å². The molecule has 0 radical (unpaired) electrons. The van der Waals surface area contributed by atoms with Crippen LogP contribution in [0.15, 0.2) is 18.2 Å². The van der Waals surface area contributed by atoms with Crippen molar-refractivity contribution in [3.63, 3.8) is 0 Å². The van der Waals surface area contributed by atoms with Crippen LogP contribution in [0.5, 0.6) is 0 Å². The van der Waals surface area contributed by atoms with Crippen LogP contribution < -0.4 is 5.32 Å². The maximum atomic E-state index is 12.6. The molecule has 1 aromatic carbocycles. The number of amides is 1. The van der Waals surface area contributed by atoms with Crippen LogP contribution in [0.4, 0.5) is 18.9 Å². The van der Waals surface area contributed by atoms with Crippen LogP contribution in [0, 0.1) is 12.3 Å². The Morgan fingerprint density at radius 1 is 1.24 bits per heavy atom. The zero-order valence-corrected chi connectivity index (χ0v) is 11.8. The quantitative estimate of drug-likeness (QED) is 0.895. The Bertz CT molecular complexity index is 565. The number of alkyl halides is 3. The number of aryl methyl sites for hydroxylation is 1. The van der Waals surface area contributed by atoms with Gasteiger partial charge in [-0.15, -0.1) is 0 Å². The molecule has 0 unspecified atom stereocenters. The van der Waals surface area contributed by atoms with Gasteiger partial charge < -0.3 is 10.4 Å². The Balaban J connectivity index is 2.84. The van der Waals surface area contributed by atoms with E-state index in [4.69, 9.17) is 5.11 Å². The molecule has 0 fully saturated rings. The van der Waals surface area contributed by atoms with Crippen molar-refractivity contribution in [1.29, 1.82) is 0 Å². The summed E-state index contributed by atoms with van der Waals surface area (Å²) in [6.07, 6.45) is -4.72. The highest BCUT2D eigenvalue weighted by atomic mass is 19.4. The number of benzene rings is 1. The van der Waals surface area contributed by atoms with E-state index in [2.05, 4.69) is 5.32 Å². The van der Waals surface area contributed by atoms with Crippen molar-refractivity contribution in [2.45, 2.75) is 33.4 Å². The predicted octanol–water partition coefficient (Wildman–Crippen LogP) is 3.45. The first kappa shape index (κ1) is 17.0. The molecule has 0 spiro atoms. The molecule has 21 heavy (non-hydrogen) atoms. The maximum absolute atomic E-state index is 12.6. The average molecular weight is 303 g/mol. The Morgan fingerprint density at radius 2 is 1.81 bits per heavy atom. The van der Waals surface area contributed by atoms with E-state index in [0.717, 1.165) is 12.1 Å². The standard InChI is InChI=1S/C14H16F3NO3/c1-8-6-9(4-5-10(8)14(15,16)17)18-11(19)7-13(2,3)12(20)21/h4-6H,7H2,1-3H3,(H,18,19)(H,20,21). The zero-order chi connectivity index (χ0) is 16.4. The number of carboxylic acids is 1. The van der Waals surface area contributed by atoms with E-state index in [9.17, 15) is 22.8 Å². The average Bonchev–Trinajstić information content (AvgIpc) is 2.25.